The van der Waals surface area contributed by atoms with E-state index < -0.39 is 32.5 Å². The zero-order valence-electron chi connectivity index (χ0n) is 37.7. The molecule has 0 rings (SSSR count). The van der Waals surface area contributed by atoms with Gasteiger partial charge in [0, 0.05) is 19.4 Å². The van der Waals surface area contributed by atoms with Crippen molar-refractivity contribution in [2.75, 3.05) is 40.5 Å². The van der Waals surface area contributed by atoms with Crippen molar-refractivity contribution >= 4 is 19.8 Å². The molecule has 0 saturated heterocycles. The van der Waals surface area contributed by atoms with Crippen molar-refractivity contribution < 1.29 is 37.6 Å². The first kappa shape index (κ1) is 56.2. The summed E-state index contributed by atoms with van der Waals surface area (Å²) in [5.41, 5.74) is 0. The fraction of sp³-hybridized carbons (Fsp3) is 0.673. The van der Waals surface area contributed by atoms with Crippen LogP contribution in [0.5, 0.6) is 0 Å². The lowest BCUT2D eigenvalue weighted by Gasteiger charge is -2.20. The van der Waals surface area contributed by atoms with Crippen LogP contribution in [-0.2, 0) is 32.7 Å². The summed E-state index contributed by atoms with van der Waals surface area (Å²) in [7, 11) is -0.751. The Morgan fingerprint density at radius 3 is 1.36 bits per heavy atom. The molecule has 0 radical (unpaired) electrons. The SMILES string of the molecule is CCCCC/C=C\C/C=C\C/C=C\C/C=C\CCCCCC(=O)OCC(COP(=O)(O)OCCN(C)C)OC(=O)CCCCCC/C=C\C/C=C\C/C=C\CCCCC. The van der Waals surface area contributed by atoms with Crippen LogP contribution < -0.4 is 0 Å². The van der Waals surface area contributed by atoms with Gasteiger partial charge in [0.05, 0.1) is 13.2 Å². The van der Waals surface area contributed by atoms with Crippen LogP contribution in [0.25, 0.3) is 0 Å². The van der Waals surface area contributed by atoms with E-state index in [9.17, 15) is 19.0 Å². The van der Waals surface area contributed by atoms with Crippen molar-refractivity contribution in [3.8, 4) is 0 Å². The quantitative estimate of drug-likeness (QED) is 0.0278. The molecule has 0 aromatic heterocycles. The van der Waals surface area contributed by atoms with Crippen LogP contribution in [0.1, 0.15) is 168 Å². The van der Waals surface area contributed by atoms with Crippen molar-refractivity contribution in [1.82, 2.24) is 4.90 Å². The number of nitrogens with zero attached hydrogens (tertiary/aromatic N) is 1. The highest BCUT2D eigenvalue weighted by molar-refractivity contribution is 7.47. The molecule has 338 valence electrons. The summed E-state index contributed by atoms with van der Waals surface area (Å²) < 4.78 is 33.5. The van der Waals surface area contributed by atoms with Crippen molar-refractivity contribution in [1.29, 1.82) is 0 Å². The lowest BCUT2D eigenvalue weighted by molar-refractivity contribution is -0.161. The minimum atomic E-state index is -4.38. The zero-order chi connectivity index (χ0) is 43.3. The number of unbranched alkanes of at least 4 members (excludes halogenated alkanes) is 13. The van der Waals surface area contributed by atoms with E-state index in [-0.39, 0.29) is 26.1 Å². The van der Waals surface area contributed by atoms with E-state index in [4.69, 9.17) is 18.5 Å². The van der Waals surface area contributed by atoms with Gasteiger partial charge in [0.2, 0.25) is 0 Å². The number of hydrogen-bond donors (Lipinski definition) is 1. The number of rotatable bonds is 41. The third-order valence-corrected chi connectivity index (χ3v) is 10.2. The van der Waals surface area contributed by atoms with Gasteiger partial charge >= 0.3 is 19.8 Å². The fourth-order valence-electron chi connectivity index (χ4n) is 5.62. The van der Waals surface area contributed by atoms with E-state index in [0.717, 1.165) is 77.0 Å². The van der Waals surface area contributed by atoms with Crippen LogP contribution >= 0.6 is 7.82 Å². The first-order valence-electron chi connectivity index (χ1n) is 22.9. The summed E-state index contributed by atoms with van der Waals surface area (Å²) in [6.45, 7) is 4.19. The normalized spacial score (nSPS) is 14.1. The maximum absolute atomic E-state index is 12.7. The molecule has 10 heteroatoms. The molecule has 0 aliphatic heterocycles. The number of phosphoric ester groups is 1. The number of phosphoric acid groups is 1. The number of esters is 2. The number of ether oxygens (including phenoxy) is 2. The highest BCUT2D eigenvalue weighted by Crippen LogP contribution is 2.43. The van der Waals surface area contributed by atoms with Gasteiger partial charge < -0.3 is 19.3 Å². The van der Waals surface area contributed by atoms with E-state index >= 15 is 0 Å². The minimum Gasteiger partial charge on any atom is -0.462 e. The largest absolute Gasteiger partial charge is 0.472 e. The third kappa shape index (κ3) is 44.6. The average Bonchev–Trinajstić information content (AvgIpc) is 3.20. The Labute approximate surface area is 360 Å². The Bertz CT molecular complexity index is 1250. The molecule has 0 fully saturated rings. The molecule has 0 saturated carbocycles. The van der Waals surface area contributed by atoms with Gasteiger partial charge in [0.1, 0.15) is 6.61 Å². The van der Waals surface area contributed by atoms with E-state index in [1.54, 1.807) is 0 Å². The summed E-state index contributed by atoms with van der Waals surface area (Å²) in [6.07, 6.45) is 53.4. The van der Waals surface area contributed by atoms with Gasteiger partial charge in [0.15, 0.2) is 6.10 Å². The zero-order valence-corrected chi connectivity index (χ0v) is 38.6. The molecule has 0 aliphatic carbocycles. The number of allylic oxidation sites excluding steroid dienone is 14. The second-order valence-electron chi connectivity index (χ2n) is 15.2. The van der Waals surface area contributed by atoms with Gasteiger partial charge in [-0.1, -0.05) is 144 Å². The molecule has 0 aromatic rings. The summed E-state index contributed by atoms with van der Waals surface area (Å²) in [4.78, 5) is 37.1. The first-order valence-corrected chi connectivity index (χ1v) is 24.4. The predicted octanol–water partition coefficient (Wildman–Crippen LogP) is 13.4. The Kier molecular flexibility index (Phi) is 41.2. The van der Waals surface area contributed by atoms with Crippen LogP contribution in [0, 0.1) is 0 Å². The van der Waals surface area contributed by atoms with Gasteiger partial charge in [-0.15, -0.1) is 0 Å². The third-order valence-electron chi connectivity index (χ3n) is 9.17. The molecular formula is C49H84NO8P. The van der Waals surface area contributed by atoms with Gasteiger partial charge in [-0.3, -0.25) is 18.6 Å². The van der Waals surface area contributed by atoms with Crippen molar-refractivity contribution in [2.45, 2.75) is 174 Å². The van der Waals surface area contributed by atoms with Gasteiger partial charge in [0.25, 0.3) is 0 Å². The van der Waals surface area contributed by atoms with Crippen molar-refractivity contribution in [3.63, 3.8) is 0 Å². The Morgan fingerprint density at radius 1 is 0.525 bits per heavy atom. The second kappa shape index (κ2) is 43.3. The molecule has 2 atom stereocenters. The van der Waals surface area contributed by atoms with Gasteiger partial charge in [-0.05, 0) is 110 Å². The highest BCUT2D eigenvalue weighted by Gasteiger charge is 2.26. The minimum absolute atomic E-state index is 0.00735. The molecule has 2 unspecified atom stereocenters. The fourth-order valence-corrected chi connectivity index (χ4v) is 6.36. The van der Waals surface area contributed by atoms with Crippen LogP contribution in [0.4, 0.5) is 0 Å². The summed E-state index contributed by atoms with van der Waals surface area (Å²) in [6, 6.07) is 0. The molecule has 9 nitrogen and oxygen atoms in total. The molecule has 0 aliphatic rings. The number of carbonyl (C=O) groups is 2. The van der Waals surface area contributed by atoms with Crippen molar-refractivity contribution in [3.05, 3.63) is 85.1 Å². The Balaban J connectivity index is 4.39. The van der Waals surface area contributed by atoms with E-state index in [1.807, 2.05) is 19.0 Å². The molecule has 0 bridgehead atoms. The van der Waals surface area contributed by atoms with E-state index in [0.29, 0.717) is 19.4 Å². The topological polar surface area (TPSA) is 112 Å². The predicted molar refractivity (Wildman–Crippen MR) is 247 cm³/mol. The average molecular weight is 846 g/mol. The van der Waals surface area contributed by atoms with E-state index in [1.165, 1.54) is 51.4 Å². The van der Waals surface area contributed by atoms with Crippen LogP contribution in [0.2, 0.25) is 0 Å². The molecule has 0 aromatic carbocycles. The maximum Gasteiger partial charge on any atom is 0.472 e. The summed E-state index contributed by atoms with van der Waals surface area (Å²) >= 11 is 0. The smallest absolute Gasteiger partial charge is 0.462 e. The second-order valence-corrected chi connectivity index (χ2v) is 16.7. The van der Waals surface area contributed by atoms with Crippen molar-refractivity contribution in [2.24, 2.45) is 0 Å². The molecule has 0 spiro atoms. The Morgan fingerprint density at radius 2 is 0.915 bits per heavy atom. The Hall–Kier alpha value is -2.81. The van der Waals surface area contributed by atoms with Crippen LogP contribution in [-0.4, -0.2) is 68.3 Å². The first-order chi connectivity index (χ1) is 28.7. The molecule has 0 heterocycles. The maximum atomic E-state index is 12.7. The number of hydrogen-bond acceptors (Lipinski definition) is 8. The van der Waals surface area contributed by atoms with Gasteiger partial charge in [-0.2, -0.15) is 0 Å². The molecule has 1 N–H and O–H groups in total. The van der Waals surface area contributed by atoms with Gasteiger partial charge in [-0.25, -0.2) is 4.57 Å². The monoisotopic (exact) mass is 846 g/mol. The standard InChI is InChI=1S/C49H84NO8P/c1-5-7-9-11-13-15-17-19-21-23-24-26-27-29-31-33-35-37-39-41-48(51)55-45-47(46-57-59(53,54)56-44-43-50(3)4)58-49(52)42-40-38-36-34-32-30-28-25-22-20-18-16-14-12-10-8-6-2/h13-16,19-22,24,26,28-31,47H,5-12,17-18,23,25,27,32-46H2,1-4H3,(H,53,54)/b15-13-,16-14-,21-19-,22-20-,26-24-,30-28-,31-29-. The van der Waals surface area contributed by atoms with E-state index in [2.05, 4.69) is 98.9 Å². The summed E-state index contributed by atoms with van der Waals surface area (Å²) in [5.74, 6) is -0.871. The molecule has 59 heavy (non-hydrogen) atoms. The van der Waals surface area contributed by atoms with Crippen LogP contribution in [0.15, 0.2) is 85.1 Å². The lowest BCUT2D eigenvalue weighted by atomic mass is 10.1. The summed E-state index contributed by atoms with van der Waals surface area (Å²) in [5, 5.41) is 0. The number of carbonyl (C=O) groups excluding carboxylic acids is 2. The lowest BCUT2D eigenvalue weighted by Crippen LogP contribution is -2.29. The molecular weight excluding hydrogens is 762 g/mol. The number of likely N-dealkylation sites (N-methyl/N-ethyl adjacent to an activating group) is 1. The molecule has 0 amide bonds. The highest BCUT2D eigenvalue weighted by atomic mass is 31.2. The van der Waals surface area contributed by atoms with Crippen LogP contribution in [0.3, 0.4) is 0 Å².